The van der Waals surface area contributed by atoms with E-state index in [1.165, 1.54) is 12.8 Å². The largest absolute Gasteiger partial charge is 0.399 e. The number of hydrogen-bond acceptors (Lipinski definition) is 4. The number of hydrogen-bond donors (Lipinski definition) is 1. The van der Waals surface area contributed by atoms with Crippen LogP contribution in [0.25, 0.3) is 11.5 Å². The minimum absolute atomic E-state index is 0.446. The Labute approximate surface area is 125 Å². The van der Waals surface area contributed by atoms with Gasteiger partial charge in [0.15, 0.2) is 5.82 Å². The zero-order valence-electron chi connectivity index (χ0n) is 13.0. The van der Waals surface area contributed by atoms with Gasteiger partial charge in [-0.1, -0.05) is 24.9 Å². The molecule has 0 bridgehead atoms. The van der Waals surface area contributed by atoms with Gasteiger partial charge in [0.05, 0.1) is 0 Å². The van der Waals surface area contributed by atoms with Gasteiger partial charge in [-0.05, 0) is 55.9 Å². The quantitative estimate of drug-likeness (QED) is 0.839. The van der Waals surface area contributed by atoms with Gasteiger partial charge >= 0.3 is 0 Å². The minimum atomic E-state index is 0.446. The standard InChI is InChI=1S/C17H23N3O/c1-10-4-6-13(7-5-10)16-19-17(21-20-16)15-9-14(18)8-11(2)12(15)3/h8-10,13H,4-7,18H2,1-3H3. The van der Waals surface area contributed by atoms with Crippen molar-refractivity contribution >= 4 is 5.69 Å². The zero-order valence-corrected chi connectivity index (χ0v) is 13.0. The maximum absolute atomic E-state index is 5.94. The zero-order chi connectivity index (χ0) is 15.0. The summed E-state index contributed by atoms with van der Waals surface area (Å²) in [7, 11) is 0. The minimum Gasteiger partial charge on any atom is -0.399 e. The van der Waals surface area contributed by atoms with Crippen molar-refractivity contribution in [2.45, 2.75) is 52.4 Å². The Hall–Kier alpha value is -1.84. The molecule has 0 radical (unpaired) electrons. The fourth-order valence-corrected chi connectivity index (χ4v) is 3.14. The molecule has 1 aromatic heterocycles. The van der Waals surface area contributed by atoms with Crippen LogP contribution in [0, 0.1) is 19.8 Å². The van der Waals surface area contributed by atoms with Crippen LogP contribution in [0.5, 0.6) is 0 Å². The first-order chi connectivity index (χ1) is 10.0. The molecule has 0 spiro atoms. The third-order valence-electron chi connectivity index (χ3n) is 4.74. The lowest BCUT2D eigenvalue weighted by molar-refractivity contribution is 0.329. The molecule has 112 valence electrons. The molecule has 2 N–H and O–H groups in total. The van der Waals surface area contributed by atoms with Crippen LogP contribution in [-0.2, 0) is 0 Å². The highest BCUT2D eigenvalue weighted by molar-refractivity contribution is 5.66. The van der Waals surface area contributed by atoms with E-state index in [1.807, 2.05) is 12.1 Å². The monoisotopic (exact) mass is 285 g/mol. The SMILES string of the molecule is Cc1cc(N)cc(-c2nc(C3CCC(C)CC3)no2)c1C. The van der Waals surface area contributed by atoms with Crippen LogP contribution in [-0.4, -0.2) is 10.1 Å². The summed E-state index contributed by atoms with van der Waals surface area (Å²) in [4.78, 5) is 4.64. The number of nitrogens with zero attached hydrogens (tertiary/aromatic N) is 2. The highest BCUT2D eigenvalue weighted by atomic mass is 16.5. The highest BCUT2D eigenvalue weighted by Crippen LogP contribution is 2.35. The van der Waals surface area contributed by atoms with Crippen LogP contribution in [0.3, 0.4) is 0 Å². The van der Waals surface area contributed by atoms with Crippen molar-refractivity contribution in [3.63, 3.8) is 0 Å². The second kappa shape index (κ2) is 5.51. The summed E-state index contributed by atoms with van der Waals surface area (Å²) in [5.74, 6) is 2.72. The topological polar surface area (TPSA) is 64.9 Å². The summed E-state index contributed by atoms with van der Waals surface area (Å²) in [5, 5.41) is 4.21. The van der Waals surface area contributed by atoms with Crippen LogP contribution in [0.4, 0.5) is 5.69 Å². The molecule has 0 unspecified atom stereocenters. The Bertz CT molecular complexity index is 639. The van der Waals surface area contributed by atoms with Gasteiger partial charge in [0.1, 0.15) is 0 Å². The number of aromatic nitrogens is 2. The summed E-state index contributed by atoms with van der Waals surface area (Å²) < 4.78 is 5.50. The van der Waals surface area contributed by atoms with E-state index in [-0.39, 0.29) is 0 Å². The number of aryl methyl sites for hydroxylation is 1. The lowest BCUT2D eigenvalue weighted by Crippen LogP contribution is -2.11. The number of anilines is 1. The normalized spacial score (nSPS) is 22.4. The van der Waals surface area contributed by atoms with E-state index in [0.29, 0.717) is 11.8 Å². The van der Waals surface area contributed by atoms with E-state index in [2.05, 4.69) is 30.9 Å². The molecule has 3 rings (SSSR count). The molecule has 4 heteroatoms. The van der Waals surface area contributed by atoms with Crippen molar-refractivity contribution in [1.82, 2.24) is 10.1 Å². The molecular weight excluding hydrogens is 262 g/mol. The maximum atomic E-state index is 5.94. The molecule has 1 fully saturated rings. The van der Waals surface area contributed by atoms with Crippen molar-refractivity contribution in [2.24, 2.45) is 5.92 Å². The fourth-order valence-electron chi connectivity index (χ4n) is 3.14. The first-order valence-corrected chi connectivity index (χ1v) is 7.75. The summed E-state index contributed by atoms with van der Waals surface area (Å²) >= 11 is 0. The molecule has 2 aromatic rings. The summed E-state index contributed by atoms with van der Waals surface area (Å²) in [6.45, 7) is 6.43. The van der Waals surface area contributed by atoms with E-state index >= 15 is 0 Å². The fraction of sp³-hybridized carbons (Fsp3) is 0.529. The lowest BCUT2D eigenvalue weighted by Gasteiger charge is -2.23. The molecule has 0 amide bonds. The van der Waals surface area contributed by atoms with Gasteiger partial charge in [0, 0.05) is 17.2 Å². The number of rotatable bonds is 2. The van der Waals surface area contributed by atoms with E-state index in [0.717, 1.165) is 47.0 Å². The Morgan fingerprint density at radius 2 is 1.86 bits per heavy atom. The Morgan fingerprint density at radius 3 is 2.57 bits per heavy atom. The third-order valence-corrected chi connectivity index (χ3v) is 4.74. The lowest BCUT2D eigenvalue weighted by atomic mass is 9.83. The van der Waals surface area contributed by atoms with Crippen LogP contribution in [0.1, 0.15) is 55.5 Å². The molecule has 0 atom stereocenters. The van der Waals surface area contributed by atoms with Crippen molar-refractivity contribution < 1.29 is 4.52 Å². The average Bonchev–Trinajstić information content (AvgIpc) is 2.93. The van der Waals surface area contributed by atoms with Crippen LogP contribution < -0.4 is 5.73 Å². The Kier molecular flexibility index (Phi) is 3.70. The summed E-state index contributed by atoms with van der Waals surface area (Å²) in [5.41, 5.74) is 9.93. The van der Waals surface area contributed by atoms with Crippen molar-refractivity contribution in [3.8, 4) is 11.5 Å². The molecular formula is C17H23N3O. The first kappa shape index (κ1) is 14.1. The molecule has 1 saturated carbocycles. The predicted molar refractivity (Wildman–Crippen MR) is 84.0 cm³/mol. The van der Waals surface area contributed by atoms with Crippen LogP contribution in [0.2, 0.25) is 0 Å². The van der Waals surface area contributed by atoms with Gasteiger partial charge in [-0.2, -0.15) is 4.98 Å². The molecule has 21 heavy (non-hydrogen) atoms. The van der Waals surface area contributed by atoms with E-state index in [1.54, 1.807) is 0 Å². The molecule has 0 aliphatic heterocycles. The third kappa shape index (κ3) is 2.80. The van der Waals surface area contributed by atoms with Crippen molar-refractivity contribution in [1.29, 1.82) is 0 Å². The molecule has 0 saturated heterocycles. The van der Waals surface area contributed by atoms with E-state index in [4.69, 9.17) is 10.3 Å². The van der Waals surface area contributed by atoms with Gasteiger partial charge in [-0.25, -0.2) is 0 Å². The molecule has 4 nitrogen and oxygen atoms in total. The van der Waals surface area contributed by atoms with Gasteiger partial charge in [0.25, 0.3) is 5.89 Å². The molecule has 1 aliphatic carbocycles. The molecule has 1 heterocycles. The summed E-state index contributed by atoms with van der Waals surface area (Å²) in [6.07, 6.45) is 4.83. The van der Waals surface area contributed by atoms with Gasteiger partial charge in [-0.3, -0.25) is 0 Å². The van der Waals surface area contributed by atoms with Gasteiger partial charge in [-0.15, -0.1) is 0 Å². The highest BCUT2D eigenvalue weighted by Gasteiger charge is 2.24. The van der Waals surface area contributed by atoms with Crippen molar-refractivity contribution in [2.75, 3.05) is 5.73 Å². The number of nitrogen functional groups attached to an aromatic ring is 1. The maximum Gasteiger partial charge on any atom is 0.258 e. The van der Waals surface area contributed by atoms with Crippen molar-refractivity contribution in [3.05, 3.63) is 29.1 Å². The molecule has 1 aromatic carbocycles. The predicted octanol–water partition coefficient (Wildman–Crippen LogP) is 4.23. The second-order valence-corrected chi connectivity index (χ2v) is 6.42. The van der Waals surface area contributed by atoms with E-state index in [9.17, 15) is 0 Å². The Balaban J connectivity index is 1.88. The van der Waals surface area contributed by atoms with Crippen LogP contribution in [0.15, 0.2) is 16.7 Å². The summed E-state index contributed by atoms with van der Waals surface area (Å²) in [6, 6.07) is 3.89. The molecule has 1 aliphatic rings. The smallest absolute Gasteiger partial charge is 0.258 e. The van der Waals surface area contributed by atoms with Gasteiger partial charge in [0.2, 0.25) is 0 Å². The number of benzene rings is 1. The van der Waals surface area contributed by atoms with E-state index < -0.39 is 0 Å². The second-order valence-electron chi connectivity index (χ2n) is 6.42. The average molecular weight is 285 g/mol. The first-order valence-electron chi connectivity index (χ1n) is 7.75. The van der Waals surface area contributed by atoms with Gasteiger partial charge < -0.3 is 10.3 Å². The van der Waals surface area contributed by atoms with Crippen LogP contribution >= 0.6 is 0 Å². The number of nitrogens with two attached hydrogens (primary N) is 1. The Morgan fingerprint density at radius 1 is 1.14 bits per heavy atom.